The molecule has 1 aliphatic rings. The Morgan fingerprint density at radius 2 is 2.11 bits per heavy atom. The SMILES string of the molecule is COc1ccc(N)cc1C(=O)NC1CCC(C)C1C. The highest BCUT2D eigenvalue weighted by Crippen LogP contribution is 2.31. The first-order chi connectivity index (χ1) is 9.02. The number of hydrogen-bond acceptors (Lipinski definition) is 3. The molecule has 3 atom stereocenters. The van der Waals surface area contributed by atoms with E-state index in [0.29, 0.717) is 28.8 Å². The van der Waals surface area contributed by atoms with Gasteiger partial charge in [0.1, 0.15) is 5.75 Å². The quantitative estimate of drug-likeness (QED) is 0.822. The van der Waals surface area contributed by atoms with Crippen LogP contribution in [0.1, 0.15) is 37.0 Å². The van der Waals surface area contributed by atoms with Gasteiger partial charge in [-0.15, -0.1) is 0 Å². The van der Waals surface area contributed by atoms with Crippen LogP contribution in [0.25, 0.3) is 0 Å². The summed E-state index contributed by atoms with van der Waals surface area (Å²) in [5.74, 6) is 1.63. The van der Waals surface area contributed by atoms with Crippen molar-refractivity contribution in [2.24, 2.45) is 11.8 Å². The van der Waals surface area contributed by atoms with Gasteiger partial charge in [0.15, 0.2) is 0 Å². The standard InChI is InChI=1S/C15H22N2O2/c1-9-4-6-13(10(9)2)17-15(18)12-8-11(16)5-7-14(12)19-3/h5,7-10,13H,4,6,16H2,1-3H3,(H,17,18). The summed E-state index contributed by atoms with van der Waals surface area (Å²) in [6.07, 6.45) is 2.21. The van der Waals surface area contributed by atoms with Crippen molar-refractivity contribution in [3.05, 3.63) is 23.8 Å². The Morgan fingerprint density at radius 1 is 1.37 bits per heavy atom. The van der Waals surface area contributed by atoms with Crippen LogP contribution in [0, 0.1) is 11.8 Å². The Bertz CT molecular complexity index is 473. The number of methoxy groups -OCH3 is 1. The van der Waals surface area contributed by atoms with Crippen molar-refractivity contribution in [1.82, 2.24) is 5.32 Å². The highest BCUT2D eigenvalue weighted by Gasteiger charge is 2.31. The highest BCUT2D eigenvalue weighted by molar-refractivity contribution is 5.98. The number of nitrogens with one attached hydrogen (secondary N) is 1. The zero-order valence-electron chi connectivity index (χ0n) is 11.8. The maximum atomic E-state index is 12.3. The number of ether oxygens (including phenoxy) is 1. The molecule has 1 aromatic carbocycles. The van der Waals surface area contributed by atoms with Crippen molar-refractivity contribution < 1.29 is 9.53 Å². The number of amides is 1. The summed E-state index contributed by atoms with van der Waals surface area (Å²) in [6.45, 7) is 4.43. The van der Waals surface area contributed by atoms with Gasteiger partial charge in [0, 0.05) is 11.7 Å². The fourth-order valence-electron chi connectivity index (χ4n) is 2.72. The van der Waals surface area contributed by atoms with Crippen molar-refractivity contribution in [3.63, 3.8) is 0 Å². The smallest absolute Gasteiger partial charge is 0.255 e. The molecule has 1 saturated carbocycles. The number of rotatable bonds is 3. The van der Waals surface area contributed by atoms with Gasteiger partial charge in [0.2, 0.25) is 0 Å². The first-order valence-corrected chi connectivity index (χ1v) is 6.77. The van der Waals surface area contributed by atoms with Crippen LogP contribution in [0.15, 0.2) is 18.2 Å². The number of anilines is 1. The molecule has 1 aliphatic carbocycles. The molecule has 0 spiro atoms. The molecule has 0 aromatic heterocycles. The van der Waals surface area contributed by atoms with E-state index in [1.165, 1.54) is 6.42 Å². The van der Waals surface area contributed by atoms with Crippen LogP contribution in [0.4, 0.5) is 5.69 Å². The second kappa shape index (κ2) is 5.51. The molecule has 0 radical (unpaired) electrons. The number of nitrogens with two attached hydrogens (primary N) is 1. The normalized spacial score (nSPS) is 26.2. The molecular weight excluding hydrogens is 240 g/mol. The van der Waals surface area contributed by atoms with Crippen LogP contribution in [-0.2, 0) is 0 Å². The van der Waals surface area contributed by atoms with Gasteiger partial charge in [0.05, 0.1) is 12.7 Å². The number of benzene rings is 1. The van der Waals surface area contributed by atoms with Gasteiger partial charge in [-0.1, -0.05) is 13.8 Å². The lowest BCUT2D eigenvalue weighted by Crippen LogP contribution is -2.37. The second-order valence-corrected chi connectivity index (χ2v) is 5.45. The van der Waals surface area contributed by atoms with Crippen LogP contribution in [0.5, 0.6) is 5.75 Å². The third-order valence-electron chi connectivity index (χ3n) is 4.25. The van der Waals surface area contributed by atoms with E-state index in [-0.39, 0.29) is 11.9 Å². The van der Waals surface area contributed by atoms with E-state index < -0.39 is 0 Å². The molecule has 104 valence electrons. The monoisotopic (exact) mass is 262 g/mol. The van der Waals surface area contributed by atoms with Gasteiger partial charge >= 0.3 is 0 Å². The average molecular weight is 262 g/mol. The molecule has 2 rings (SSSR count). The lowest BCUT2D eigenvalue weighted by Gasteiger charge is -2.20. The molecule has 1 fully saturated rings. The Hall–Kier alpha value is -1.71. The minimum Gasteiger partial charge on any atom is -0.496 e. The molecule has 3 unspecified atom stereocenters. The molecule has 4 nitrogen and oxygen atoms in total. The molecule has 3 N–H and O–H groups in total. The summed E-state index contributed by atoms with van der Waals surface area (Å²) >= 11 is 0. The summed E-state index contributed by atoms with van der Waals surface area (Å²) in [4.78, 5) is 12.3. The third-order valence-corrected chi connectivity index (χ3v) is 4.25. The minimum atomic E-state index is -0.102. The highest BCUT2D eigenvalue weighted by atomic mass is 16.5. The van der Waals surface area contributed by atoms with Crippen molar-refractivity contribution in [2.75, 3.05) is 12.8 Å². The van der Waals surface area contributed by atoms with Gasteiger partial charge in [0.25, 0.3) is 5.91 Å². The first-order valence-electron chi connectivity index (χ1n) is 6.77. The number of nitrogen functional groups attached to an aromatic ring is 1. The fraction of sp³-hybridized carbons (Fsp3) is 0.533. The maximum Gasteiger partial charge on any atom is 0.255 e. The van der Waals surface area contributed by atoms with Gasteiger partial charge in [-0.25, -0.2) is 0 Å². The topological polar surface area (TPSA) is 64.3 Å². The van der Waals surface area contributed by atoms with Gasteiger partial charge < -0.3 is 15.8 Å². The van der Waals surface area contributed by atoms with Crippen LogP contribution in [-0.4, -0.2) is 19.1 Å². The summed E-state index contributed by atoms with van der Waals surface area (Å²) in [5.41, 5.74) is 6.82. The summed E-state index contributed by atoms with van der Waals surface area (Å²) in [6, 6.07) is 5.37. The van der Waals surface area contributed by atoms with E-state index in [0.717, 1.165) is 6.42 Å². The number of hydrogen-bond donors (Lipinski definition) is 2. The molecule has 1 aromatic rings. The molecule has 0 saturated heterocycles. The van der Waals surface area contributed by atoms with E-state index in [1.807, 2.05) is 0 Å². The Morgan fingerprint density at radius 3 is 2.68 bits per heavy atom. The van der Waals surface area contributed by atoms with Crippen LogP contribution in [0.3, 0.4) is 0 Å². The summed E-state index contributed by atoms with van der Waals surface area (Å²) in [7, 11) is 1.56. The van der Waals surface area contributed by atoms with E-state index in [1.54, 1.807) is 25.3 Å². The van der Waals surface area contributed by atoms with Crippen molar-refractivity contribution in [3.8, 4) is 5.75 Å². The van der Waals surface area contributed by atoms with Gasteiger partial charge in [-0.3, -0.25) is 4.79 Å². The summed E-state index contributed by atoms with van der Waals surface area (Å²) < 4.78 is 5.22. The molecule has 1 amide bonds. The second-order valence-electron chi connectivity index (χ2n) is 5.45. The Labute approximate surface area is 114 Å². The van der Waals surface area contributed by atoms with Crippen molar-refractivity contribution in [1.29, 1.82) is 0 Å². The van der Waals surface area contributed by atoms with Gasteiger partial charge in [-0.2, -0.15) is 0 Å². The van der Waals surface area contributed by atoms with Crippen molar-refractivity contribution >= 4 is 11.6 Å². The zero-order valence-corrected chi connectivity index (χ0v) is 11.8. The lowest BCUT2D eigenvalue weighted by atomic mass is 9.97. The number of carbonyl (C=O) groups is 1. The van der Waals surface area contributed by atoms with E-state index in [9.17, 15) is 4.79 Å². The first kappa shape index (κ1) is 13.7. The summed E-state index contributed by atoms with van der Waals surface area (Å²) in [5, 5.41) is 3.10. The molecular formula is C15H22N2O2. The molecule has 19 heavy (non-hydrogen) atoms. The van der Waals surface area contributed by atoms with Crippen LogP contribution in [0.2, 0.25) is 0 Å². The zero-order chi connectivity index (χ0) is 14.0. The molecule has 0 aliphatic heterocycles. The predicted molar refractivity (Wildman–Crippen MR) is 76.2 cm³/mol. The molecule has 0 heterocycles. The van der Waals surface area contributed by atoms with Crippen LogP contribution >= 0.6 is 0 Å². The van der Waals surface area contributed by atoms with E-state index in [2.05, 4.69) is 19.2 Å². The van der Waals surface area contributed by atoms with Gasteiger partial charge in [-0.05, 0) is 42.9 Å². The minimum absolute atomic E-state index is 0.102. The lowest BCUT2D eigenvalue weighted by molar-refractivity contribution is 0.0924. The Balaban J connectivity index is 2.14. The largest absolute Gasteiger partial charge is 0.496 e. The predicted octanol–water partition coefficient (Wildman–Crippen LogP) is 2.44. The maximum absolute atomic E-state index is 12.3. The van der Waals surface area contributed by atoms with E-state index in [4.69, 9.17) is 10.5 Å². The average Bonchev–Trinajstić information content (AvgIpc) is 2.70. The fourth-order valence-corrected chi connectivity index (χ4v) is 2.72. The van der Waals surface area contributed by atoms with E-state index >= 15 is 0 Å². The van der Waals surface area contributed by atoms with Crippen molar-refractivity contribution in [2.45, 2.75) is 32.7 Å². The van der Waals surface area contributed by atoms with Crippen LogP contribution < -0.4 is 15.8 Å². The Kier molecular flexibility index (Phi) is 3.98. The molecule has 4 heteroatoms. The number of carbonyl (C=O) groups excluding carboxylic acids is 1. The third kappa shape index (κ3) is 2.83. The molecule has 0 bridgehead atoms.